The Balaban J connectivity index is 1.71. The van der Waals surface area contributed by atoms with E-state index in [1.54, 1.807) is 12.0 Å². The van der Waals surface area contributed by atoms with Crippen LogP contribution in [-0.2, 0) is 11.2 Å². The Bertz CT molecular complexity index is 771. The summed E-state index contributed by atoms with van der Waals surface area (Å²) in [5.41, 5.74) is 1.84. The van der Waals surface area contributed by atoms with E-state index in [4.69, 9.17) is 4.74 Å². The van der Waals surface area contributed by atoms with Crippen molar-refractivity contribution in [3.63, 3.8) is 0 Å². The maximum atomic E-state index is 13.4. The van der Waals surface area contributed by atoms with Gasteiger partial charge in [0.15, 0.2) is 5.78 Å². The van der Waals surface area contributed by atoms with Gasteiger partial charge in [0.1, 0.15) is 11.6 Å². The molecule has 0 aromatic heterocycles. The zero-order valence-corrected chi connectivity index (χ0v) is 13.4. The zero-order valence-electron chi connectivity index (χ0n) is 13.4. The average molecular weight is 327 g/mol. The molecule has 24 heavy (non-hydrogen) atoms. The Morgan fingerprint density at radius 2 is 1.96 bits per heavy atom. The molecule has 1 aliphatic rings. The summed E-state index contributed by atoms with van der Waals surface area (Å²) >= 11 is 0. The molecule has 124 valence electrons. The standard InChI is InChI=1S/C19H18FNO3/c1-24-15-6-2-13(3-7-15)4-9-19(23)21-11-10-18(22)16-12-14(20)5-8-17(16)21/h2-3,5-8,12H,4,9-11H2,1H3. The molecule has 1 heterocycles. The van der Waals surface area contributed by atoms with E-state index in [9.17, 15) is 14.0 Å². The fraction of sp³-hybridized carbons (Fsp3) is 0.263. The van der Waals surface area contributed by atoms with Crippen LogP contribution in [0.5, 0.6) is 5.75 Å². The number of ketones is 1. The third-order valence-corrected chi connectivity index (χ3v) is 4.20. The van der Waals surface area contributed by atoms with Gasteiger partial charge in [-0.05, 0) is 42.3 Å². The lowest BCUT2D eigenvalue weighted by atomic mass is 9.99. The number of Topliss-reactive ketones (excluding diaryl/α,β-unsaturated/α-hetero) is 1. The minimum absolute atomic E-state index is 0.0637. The molecule has 0 atom stereocenters. The van der Waals surface area contributed by atoms with Crippen molar-refractivity contribution in [2.75, 3.05) is 18.6 Å². The summed E-state index contributed by atoms with van der Waals surface area (Å²) in [6.45, 7) is 0.346. The van der Waals surface area contributed by atoms with E-state index in [-0.39, 0.29) is 18.1 Å². The SMILES string of the molecule is COc1ccc(CCC(=O)N2CCC(=O)c3cc(F)ccc32)cc1. The summed E-state index contributed by atoms with van der Waals surface area (Å²) < 4.78 is 18.5. The van der Waals surface area contributed by atoms with Crippen molar-refractivity contribution < 1.29 is 18.7 Å². The number of carbonyl (C=O) groups is 2. The molecule has 1 amide bonds. The van der Waals surface area contributed by atoms with E-state index in [0.717, 1.165) is 11.3 Å². The van der Waals surface area contributed by atoms with Crippen molar-refractivity contribution in [1.82, 2.24) is 0 Å². The minimum atomic E-state index is -0.463. The number of aryl methyl sites for hydroxylation is 1. The van der Waals surface area contributed by atoms with E-state index in [1.807, 2.05) is 24.3 Å². The number of anilines is 1. The number of rotatable bonds is 4. The molecule has 0 unspecified atom stereocenters. The van der Waals surface area contributed by atoms with Crippen LogP contribution in [-0.4, -0.2) is 25.3 Å². The number of benzene rings is 2. The van der Waals surface area contributed by atoms with Gasteiger partial charge < -0.3 is 9.64 Å². The summed E-state index contributed by atoms with van der Waals surface area (Å²) in [7, 11) is 1.61. The molecule has 3 rings (SSSR count). The molecule has 4 nitrogen and oxygen atoms in total. The monoisotopic (exact) mass is 327 g/mol. The average Bonchev–Trinajstić information content (AvgIpc) is 2.61. The van der Waals surface area contributed by atoms with Crippen molar-refractivity contribution >= 4 is 17.4 Å². The van der Waals surface area contributed by atoms with Crippen molar-refractivity contribution in [3.8, 4) is 5.75 Å². The molecule has 0 bridgehead atoms. The Labute approximate surface area is 139 Å². The van der Waals surface area contributed by atoms with Crippen LogP contribution in [0.1, 0.15) is 28.8 Å². The quantitative estimate of drug-likeness (QED) is 0.865. The van der Waals surface area contributed by atoms with Gasteiger partial charge >= 0.3 is 0 Å². The second-order valence-electron chi connectivity index (χ2n) is 5.73. The van der Waals surface area contributed by atoms with Gasteiger partial charge in [0, 0.05) is 24.9 Å². The van der Waals surface area contributed by atoms with Crippen LogP contribution in [0, 0.1) is 5.82 Å². The Morgan fingerprint density at radius 3 is 2.67 bits per heavy atom. The number of halogens is 1. The summed E-state index contributed by atoms with van der Waals surface area (Å²) in [6.07, 6.45) is 1.16. The number of carbonyl (C=O) groups excluding carboxylic acids is 2. The van der Waals surface area contributed by atoms with Crippen LogP contribution in [0.3, 0.4) is 0 Å². The van der Waals surface area contributed by atoms with Gasteiger partial charge in [0.2, 0.25) is 5.91 Å². The molecular formula is C19H18FNO3. The topological polar surface area (TPSA) is 46.6 Å². The highest BCUT2D eigenvalue weighted by atomic mass is 19.1. The molecule has 0 radical (unpaired) electrons. The Morgan fingerprint density at radius 1 is 1.21 bits per heavy atom. The summed E-state index contributed by atoms with van der Waals surface area (Å²) in [5, 5.41) is 0. The maximum absolute atomic E-state index is 13.4. The third kappa shape index (κ3) is 3.30. The Hall–Kier alpha value is -2.69. The molecule has 0 aliphatic carbocycles. The second kappa shape index (κ2) is 6.83. The highest BCUT2D eigenvalue weighted by Crippen LogP contribution is 2.28. The fourth-order valence-corrected chi connectivity index (χ4v) is 2.87. The summed E-state index contributed by atoms with van der Waals surface area (Å²) in [6, 6.07) is 11.6. The highest BCUT2D eigenvalue weighted by Gasteiger charge is 2.27. The molecule has 2 aromatic carbocycles. The highest BCUT2D eigenvalue weighted by molar-refractivity contribution is 6.08. The maximum Gasteiger partial charge on any atom is 0.227 e. The van der Waals surface area contributed by atoms with Gasteiger partial charge in [-0.2, -0.15) is 0 Å². The van der Waals surface area contributed by atoms with Crippen LogP contribution in [0.2, 0.25) is 0 Å². The molecule has 0 fully saturated rings. The number of hydrogen-bond donors (Lipinski definition) is 0. The number of fused-ring (bicyclic) bond motifs is 1. The van der Waals surface area contributed by atoms with Gasteiger partial charge in [0.25, 0.3) is 0 Å². The predicted molar refractivity (Wildman–Crippen MR) is 89.0 cm³/mol. The van der Waals surface area contributed by atoms with Gasteiger partial charge in [-0.3, -0.25) is 9.59 Å². The molecule has 1 aliphatic heterocycles. The molecule has 5 heteroatoms. The van der Waals surface area contributed by atoms with Crippen LogP contribution < -0.4 is 9.64 Å². The van der Waals surface area contributed by atoms with Crippen LogP contribution in [0.15, 0.2) is 42.5 Å². The lowest BCUT2D eigenvalue weighted by Crippen LogP contribution is -2.37. The first-order valence-corrected chi connectivity index (χ1v) is 7.84. The molecule has 0 saturated carbocycles. The van der Waals surface area contributed by atoms with Crippen LogP contribution in [0.4, 0.5) is 10.1 Å². The molecular weight excluding hydrogens is 309 g/mol. The second-order valence-corrected chi connectivity index (χ2v) is 5.73. The normalized spacial score (nSPS) is 13.6. The number of ether oxygens (including phenoxy) is 1. The van der Waals surface area contributed by atoms with E-state index in [2.05, 4.69) is 0 Å². The van der Waals surface area contributed by atoms with Crippen LogP contribution in [0.25, 0.3) is 0 Å². The van der Waals surface area contributed by atoms with Crippen molar-refractivity contribution in [2.45, 2.75) is 19.3 Å². The van der Waals surface area contributed by atoms with Gasteiger partial charge in [-0.1, -0.05) is 12.1 Å². The van der Waals surface area contributed by atoms with E-state index >= 15 is 0 Å². The fourth-order valence-electron chi connectivity index (χ4n) is 2.87. The summed E-state index contributed by atoms with van der Waals surface area (Å²) in [4.78, 5) is 26.1. The molecule has 0 spiro atoms. The number of amides is 1. The third-order valence-electron chi connectivity index (χ3n) is 4.20. The Kier molecular flexibility index (Phi) is 4.60. The number of hydrogen-bond acceptors (Lipinski definition) is 3. The molecule has 0 saturated heterocycles. The van der Waals surface area contributed by atoms with Gasteiger partial charge in [0.05, 0.1) is 12.8 Å². The lowest BCUT2D eigenvalue weighted by molar-refractivity contribution is -0.118. The smallest absolute Gasteiger partial charge is 0.227 e. The number of methoxy groups -OCH3 is 1. The molecule has 0 N–H and O–H groups in total. The van der Waals surface area contributed by atoms with Crippen molar-refractivity contribution in [1.29, 1.82) is 0 Å². The predicted octanol–water partition coefficient (Wildman–Crippen LogP) is 3.39. The number of nitrogens with zero attached hydrogens (tertiary/aromatic N) is 1. The lowest BCUT2D eigenvalue weighted by Gasteiger charge is -2.28. The van der Waals surface area contributed by atoms with Crippen LogP contribution >= 0.6 is 0 Å². The zero-order chi connectivity index (χ0) is 17.1. The van der Waals surface area contributed by atoms with E-state index in [1.165, 1.54) is 18.2 Å². The van der Waals surface area contributed by atoms with E-state index in [0.29, 0.717) is 30.6 Å². The first kappa shape index (κ1) is 16.2. The largest absolute Gasteiger partial charge is 0.497 e. The summed E-state index contributed by atoms with van der Waals surface area (Å²) in [5.74, 6) is 0.125. The molecule has 2 aromatic rings. The van der Waals surface area contributed by atoms with Crippen molar-refractivity contribution in [3.05, 3.63) is 59.4 Å². The van der Waals surface area contributed by atoms with Crippen molar-refractivity contribution in [2.24, 2.45) is 0 Å². The van der Waals surface area contributed by atoms with Gasteiger partial charge in [-0.25, -0.2) is 4.39 Å². The minimum Gasteiger partial charge on any atom is -0.497 e. The first-order valence-electron chi connectivity index (χ1n) is 7.84. The van der Waals surface area contributed by atoms with E-state index < -0.39 is 5.82 Å². The van der Waals surface area contributed by atoms with Gasteiger partial charge in [-0.15, -0.1) is 0 Å². The first-order chi connectivity index (χ1) is 11.6.